The van der Waals surface area contributed by atoms with Crippen LogP contribution in [0.4, 0.5) is 0 Å². The quantitative estimate of drug-likeness (QED) is 0.862. The predicted octanol–water partition coefficient (Wildman–Crippen LogP) is 0.376. The molecular weight excluding hydrogens is 240 g/mol. The lowest BCUT2D eigenvalue weighted by Gasteiger charge is -2.27. The van der Waals surface area contributed by atoms with Crippen LogP contribution in [-0.2, 0) is 6.54 Å². The summed E-state index contributed by atoms with van der Waals surface area (Å²) in [6.07, 6.45) is 3.80. The van der Waals surface area contributed by atoms with Crippen molar-refractivity contribution in [2.24, 2.45) is 0 Å². The molecule has 1 N–H and O–H groups in total. The Labute approximate surface area is 112 Å². The fourth-order valence-corrected chi connectivity index (χ4v) is 2.23. The van der Waals surface area contributed by atoms with Crippen molar-refractivity contribution in [3.8, 4) is 5.82 Å². The molecule has 0 aliphatic carbocycles. The van der Waals surface area contributed by atoms with E-state index in [1.807, 2.05) is 25.4 Å². The number of rotatable bonds is 3. The van der Waals surface area contributed by atoms with E-state index in [1.165, 1.54) is 5.56 Å². The molecule has 2 aromatic rings. The van der Waals surface area contributed by atoms with Gasteiger partial charge >= 0.3 is 0 Å². The minimum Gasteiger partial charge on any atom is -0.314 e. The average Bonchev–Trinajstić information content (AvgIpc) is 2.87. The number of nitrogens with zero attached hydrogens (tertiary/aromatic N) is 5. The molecule has 3 heterocycles. The van der Waals surface area contributed by atoms with E-state index in [4.69, 9.17) is 0 Å². The molecule has 1 aliphatic heterocycles. The summed E-state index contributed by atoms with van der Waals surface area (Å²) < 4.78 is 1.70. The smallest absolute Gasteiger partial charge is 0.155 e. The minimum absolute atomic E-state index is 0.810. The van der Waals surface area contributed by atoms with Gasteiger partial charge in [0.05, 0.1) is 11.9 Å². The van der Waals surface area contributed by atoms with Crippen molar-refractivity contribution in [2.45, 2.75) is 13.5 Å². The normalized spacial score (nSPS) is 16.7. The van der Waals surface area contributed by atoms with Crippen molar-refractivity contribution in [1.29, 1.82) is 0 Å². The third-order valence-corrected chi connectivity index (χ3v) is 3.27. The molecule has 100 valence electrons. The van der Waals surface area contributed by atoms with Gasteiger partial charge in [0, 0.05) is 38.9 Å². The molecule has 19 heavy (non-hydrogen) atoms. The Kier molecular flexibility index (Phi) is 3.52. The Balaban J connectivity index is 1.68. The number of aromatic nitrogens is 4. The standard InChI is InChI=1S/C13H18N6/c1-11-9-19(17-16-11)13-3-2-12(8-15-13)10-18-6-4-14-5-7-18/h2-3,8-9,14H,4-7,10H2,1H3. The Morgan fingerprint density at radius 3 is 2.74 bits per heavy atom. The first kappa shape index (κ1) is 12.3. The first-order valence-corrected chi connectivity index (χ1v) is 6.58. The lowest BCUT2D eigenvalue weighted by atomic mass is 10.2. The first-order chi connectivity index (χ1) is 9.31. The second kappa shape index (κ2) is 5.46. The van der Waals surface area contributed by atoms with Gasteiger partial charge in [0.25, 0.3) is 0 Å². The van der Waals surface area contributed by atoms with Gasteiger partial charge < -0.3 is 5.32 Å². The van der Waals surface area contributed by atoms with Crippen LogP contribution in [-0.4, -0.2) is 51.1 Å². The van der Waals surface area contributed by atoms with Crippen LogP contribution in [0.1, 0.15) is 11.3 Å². The SMILES string of the molecule is Cc1cn(-c2ccc(CN3CCNCC3)cn2)nn1. The van der Waals surface area contributed by atoms with Crippen LogP contribution in [0, 0.1) is 6.92 Å². The highest BCUT2D eigenvalue weighted by molar-refractivity contribution is 5.24. The van der Waals surface area contributed by atoms with E-state index in [2.05, 4.69) is 31.6 Å². The van der Waals surface area contributed by atoms with Crippen LogP contribution in [0.5, 0.6) is 0 Å². The molecule has 0 amide bonds. The molecule has 1 aliphatic rings. The summed E-state index contributed by atoms with van der Waals surface area (Å²) in [6, 6.07) is 4.10. The fourth-order valence-electron chi connectivity index (χ4n) is 2.23. The van der Waals surface area contributed by atoms with Gasteiger partial charge in [0.1, 0.15) is 0 Å². The van der Waals surface area contributed by atoms with E-state index in [-0.39, 0.29) is 0 Å². The monoisotopic (exact) mass is 258 g/mol. The number of nitrogens with one attached hydrogen (secondary N) is 1. The van der Waals surface area contributed by atoms with Gasteiger partial charge in [-0.15, -0.1) is 5.10 Å². The predicted molar refractivity (Wildman–Crippen MR) is 72.0 cm³/mol. The maximum Gasteiger partial charge on any atom is 0.155 e. The second-order valence-electron chi connectivity index (χ2n) is 4.86. The molecule has 1 saturated heterocycles. The van der Waals surface area contributed by atoms with Gasteiger partial charge in [-0.25, -0.2) is 9.67 Å². The number of hydrogen-bond donors (Lipinski definition) is 1. The van der Waals surface area contributed by atoms with Gasteiger partial charge in [0.15, 0.2) is 5.82 Å². The van der Waals surface area contributed by atoms with E-state index in [9.17, 15) is 0 Å². The van der Waals surface area contributed by atoms with Gasteiger partial charge in [0.2, 0.25) is 0 Å². The molecular formula is C13H18N6. The van der Waals surface area contributed by atoms with E-state index in [1.54, 1.807) is 4.68 Å². The highest BCUT2D eigenvalue weighted by Crippen LogP contribution is 2.08. The Morgan fingerprint density at radius 2 is 2.11 bits per heavy atom. The maximum atomic E-state index is 4.45. The lowest BCUT2D eigenvalue weighted by molar-refractivity contribution is 0.233. The average molecular weight is 258 g/mol. The van der Waals surface area contributed by atoms with Crippen LogP contribution in [0.15, 0.2) is 24.5 Å². The van der Waals surface area contributed by atoms with Gasteiger partial charge in [-0.3, -0.25) is 4.90 Å². The second-order valence-corrected chi connectivity index (χ2v) is 4.86. The van der Waals surface area contributed by atoms with E-state index in [0.29, 0.717) is 0 Å². The molecule has 0 aromatic carbocycles. The number of pyridine rings is 1. The van der Waals surface area contributed by atoms with E-state index in [0.717, 1.165) is 44.2 Å². The maximum absolute atomic E-state index is 4.45. The van der Waals surface area contributed by atoms with Crippen LogP contribution in [0.25, 0.3) is 5.82 Å². The number of aryl methyl sites for hydroxylation is 1. The Hall–Kier alpha value is -1.79. The zero-order valence-corrected chi connectivity index (χ0v) is 11.1. The summed E-state index contributed by atoms with van der Waals surface area (Å²) in [4.78, 5) is 6.88. The topological polar surface area (TPSA) is 58.9 Å². The van der Waals surface area contributed by atoms with Crippen molar-refractivity contribution in [3.05, 3.63) is 35.8 Å². The minimum atomic E-state index is 0.810. The molecule has 1 fully saturated rings. The van der Waals surface area contributed by atoms with Crippen molar-refractivity contribution in [2.75, 3.05) is 26.2 Å². The largest absolute Gasteiger partial charge is 0.314 e. The van der Waals surface area contributed by atoms with Crippen LogP contribution >= 0.6 is 0 Å². The van der Waals surface area contributed by atoms with Crippen molar-refractivity contribution < 1.29 is 0 Å². The molecule has 0 spiro atoms. The van der Waals surface area contributed by atoms with Crippen molar-refractivity contribution in [1.82, 2.24) is 30.2 Å². The summed E-state index contributed by atoms with van der Waals surface area (Å²) in [5, 5.41) is 11.3. The fraction of sp³-hybridized carbons (Fsp3) is 0.462. The summed E-state index contributed by atoms with van der Waals surface area (Å²) >= 11 is 0. The highest BCUT2D eigenvalue weighted by Gasteiger charge is 2.10. The van der Waals surface area contributed by atoms with Gasteiger partial charge in [-0.05, 0) is 18.6 Å². The number of piperazine rings is 1. The molecule has 0 bridgehead atoms. The highest BCUT2D eigenvalue weighted by atomic mass is 15.4. The van der Waals surface area contributed by atoms with E-state index >= 15 is 0 Å². The molecule has 0 radical (unpaired) electrons. The van der Waals surface area contributed by atoms with Crippen LogP contribution in [0.3, 0.4) is 0 Å². The molecule has 0 saturated carbocycles. The Morgan fingerprint density at radius 1 is 1.26 bits per heavy atom. The van der Waals surface area contributed by atoms with Crippen LogP contribution in [0.2, 0.25) is 0 Å². The van der Waals surface area contributed by atoms with Gasteiger partial charge in [-0.2, -0.15) is 0 Å². The zero-order chi connectivity index (χ0) is 13.1. The summed E-state index contributed by atoms with van der Waals surface area (Å²) in [6.45, 7) is 7.23. The van der Waals surface area contributed by atoms with Crippen LogP contribution < -0.4 is 5.32 Å². The molecule has 6 heteroatoms. The molecule has 6 nitrogen and oxygen atoms in total. The number of hydrogen-bond acceptors (Lipinski definition) is 5. The van der Waals surface area contributed by atoms with Crippen molar-refractivity contribution in [3.63, 3.8) is 0 Å². The third-order valence-electron chi connectivity index (χ3n) is 3.27. The summed E-state index contributed by atoms with van der Waals surface area (Å²) in [5.41, 5.74) is 2.13. The molecule has 3 rings (SSSR count). The molecule has 0 atom stereocenters. The summed E-state index contributed by atoms with van der Waals surface area (Å²) in [7, 11) is 0. The Bertz CT molecular complexity index is 526. The van der Waals surface area contributed by atoms with Gasteiger partial charge in [-0.1, -0.05) is 11.3 Å². The van der Waals surface area contributed by atoms with E-state index < -0.39 is 0 Å². The molecule has 0 unspecified atom stereocenters. The molecule has 2 aromatic heterocycles. The first-order valence-electron chi connectivity index (χ1n) is 6.58. The van der Waals surface area contributed by atoms with Crippen molar-refractivity contribution >= 4 is 0 Å². The zero-order valence-electron chi connectivity index (χ0n) is 11.1. The lowest BCUT2D eigenvalue weighted by Crippen LogP contribution is -2.42. The summed E-state index contributed by atoms with van der Waals surface area (Å²) in [5.74, 6) is 0.810. The third kappa shape index (κ3) is 2.97.